The van der Waals surface area contributed by atoms with Crippen molar-refractivity contribution >= 4 is 11.7 Å². The number of hydrogen-bond acceptors (Lipinski definition) is 5. The Morgan fingerprint density at radius 2 is 2.05 bits per heavy atom. The van der Waals surface area contributed by atoms with E-state index in [9.17, 15) is 4.79 Å². The van der Waals surface area contributed by atoms with Gasteiger partial charge in [-0.1, -0.05) is 19.9 Å². The summed E-state index contributed by atoms with van der Waals surface area (Å²) in [4.78, 5) is 20.6. The van der Waals surface area contributed by atoms with Crippen molar-refractivity contribution in [3.8, 4) is 0 Å². The minimum atomic E-state index is -0.0577. The maximum absolute atomic E-state index is 12.5. The largest absolute Gasteiger partial charge is 0.336 e. The zero-order valence-corrected chi connectivity index (χ0v) is 12.8. The second-order valence-electron chi connectivity index (χ2n) is 5.50. The van der Waals surface area contributed by atoms with Crippen LogP contribution in [0.2, 0.25) is 0 Å². The number of anilines is 1. The van der Waals surface area contributed by atoms with Gasteiger partial charge in [0.05, 0.1) is 0 Å². The zero-order chi connectivity index (χ0) is 15.1. The van der Waals surface area contributed by atoms with E-state index < -0.39 is 0 Å². The van der Waals surface area contributed by atoms with Crippen molar-refractivity contribution in [2.45, 2.75) is 13.8 Å². The standard InChI is InChI=1S/C14H25N5O/c1-11(2)10-19(9-8-18(3)4)14(20)12-6-5-7-13(16-12)17-15/h5-7,11H,8-10,15H2,1-4H3,(H,16,17). The van der Waals surface area contributed by atoms with Crippen LogP contribution in [-0.4, -0.2) is 54.4 Å². The summed E-state index contributed by atoms with van der Waals surface area (Å²) in [6.45, 7) is 6.43. The van der Waals surface area contributed by atoms with Crippen molar-refractivity contribution in [1.82, 2.24) is 14.8 Å². The van der Waals surface area contributed by atoms with Gasteiger partial charge in [-0.05, 0) is 32.1 Å². The summed E-state index contributed by atoms with van der Waals surface area (Å²) < 4.78 is 0. The molecule has 112 valence electrons. The lowest BCUT2D eigenvalue weighted by atomic mass is 10.2. The fourth-order valence-electron chi connectivity index (χ4n) is 1.83. The maximum atomic E-state index is 12.5. The van der Waals surface area contributed by atoms with Crippen LogP contribution in [0.1, 0.15) is 24.3 Å². The third-order valence-electron chi connectivity index (χ3n) is 2.81. The molecule has 1 aromatic heterocycles. The molecule has 1 amide bonds. The monoisotopic (exact) mass is 279 g/mol. The number of nitrogens with two attached hydrogens (primary N) is 1. The Hall–Kier alpha value is -1.66. The molecule has 0 spiro atoms. The van der Waals surface area contributed by atoms with Crippen LogP contribution in [0, 0.1) is 5.92 Å². The number of nitrogens with zero attached hydrogens (tertiary/aromatic N) is 3. The molecule has 6 heteroatoms. The first kappa shape index (κ1) is 16.4. The molecule has 0 unspecified atom stereocenters. The number of rotatable bonds is 7. The van der Waals surface area contributed by atoms with E-state index in [1.165, 1.54) is 0 Å². The van der Waals surface area contributed by atoms with Gasteiger partial charge in [0, 0.05) is 19.6 Å². The highest BCUT2D eigenvalue weighted by Crippen LogP contribution is 2.09. The quantitative estimate of drug-likeness (QED) is 0.576. The van der Waals surface area contributed by atoms with Gasteiger partial charge in [0.25, 0.3) is 5.91 Å². The fraction of sp³-hybridized carbons (Fsp3) is 0.571. The summed E-state index contributed by atoms with van der Waals surface area (Å²) >= 11 is 0. The number of carbonyl (C=O) groups is 1. The van der Waals surface area contributed by atoms with E-state index in [4.69, 9.17) is 5.84 Å². The molecular weight excluding hydrogens is 254 g/mol. The molecule has 0 saturated heterocycles. The smallest absolute Gasteiger partial charge is 0.272 e. The predicted molar refractivity (Wildman–Crippen MR) is 81.3 cm³/mol. The Balaban J connectivity index is 2.84. The second kappa shape index (κ2) is 7.81. The number of hydrogen-bond donors (Lipinski definition) is 2. The Labute approximate surface area is 120 Å². The summed E-state index contributed by atoms with van der Waals surface area (Å²) in [5.41, 5.74) is 2.88. The van der Waals surface area contributed by atoms with Crippen LogP contribution in [0.25, 0.3) is 0 Å². The molecule has 0 aliphatic carbocycles. The van der Waals surface area contributed by atoms with Gasteiger partial charge in [-0.15, -0.1) is 0 Å². The van der Waals surface area contributed by atoms with Crippen LogP contribution < -0.4 is 11.3 Å². The SMILES string of the molecule is CC(C)CN(CCN(C)C)C(=O)c1cccc(NN)n1. The van der Waals surface area contributed by atoms with E-state index in [1.807, 2.05) is 19.0 Å². The summed E-state index contributed by atoms with van der Waals surface area (Å²) in [5, 5.41) is 0. The third-order valence-corrected chi connectivity index (χ3v) is 2.81. The minimum absolute atomic E-state index is 0.0577. The Kier molecular flexibility index (Phi) is 6.41. The van der Waals surface area contributed by atoms with Gasteiger partial charge in [-0.25, -0.2) is 10.8 Å². The van der Waals surface area contributed by atoms with E-state index in [0.29, 0.717) is 30.5 Å². The van der Waals surface area contributed by atoms with Crippen molar-refractivity contribution < 1.29 is 4.79 Å². The van der Waals surface area contributed by atoms with E-state index in [-0.39, 0.29) is 5.91 Å². The normalized spacial score (nSPS) is 10.9. The Morgan fingerprint density at radius 1 is 1.35 bits per heavy atom. The first-order valence-electron chi connectivity index (χ1n) is 6.81. The fourth-order valence-corrected chi connectivity index (χ4v) is 1.83. The van der Waals surface area contributed by atoms with E-state index in [0.717, 1.165) is 6.54 Å². The molecule has 0 aliphatic rings. The van der Waals surface area contributed by atoms with Gasteiger partial charge in [0.2, 0.25) is 0 Å². The van der Waals surface area contributed by atoms with Gasteiger partial charge in [-0.3, -0.25) is 4.79 Å². The Bertz CT molecular complexity index is 433. The summed E-state index contributed by atoms with van der Waals surface area (Å²) in [6.07, 6.45) is 0. The van der Waals surface area contributed by atoms with Crippen molar-refractivity contribution in [3.63, 3.8) is 0 Å². The average Bonchev–Trinajstić information content (AvgIpc) is 2.42. The van der Waals surface area contributed by atoms with Crippen LogP contribution in [0.5, 0.6) is 0 Å². The van der Waals surface area contributed by atoms with Crippen LogP contribution >= 0.6 is 0 Å². The first-order chi connectivity index (χ1) is 9.43. The van der Waals surface area contributed by atoms with Crippen molar-refractivity contribution in [2.75, 3.05) is 39.2 Å². The molecule has 6 nitrogen and oxygen atoms in total. The van der Waals surface area contributed by atoms with Crippen LogP contribution in [0.4, 0.5) is 5.82 Å². The first-order valence-corrected chi connectivity index (χ1v) is 6.81. The molecule has 1 rings (SSSR count). The van der Waals surface area contributed by atoms with Crippen LogP contribution in [0.15, 0.2) is 18.2 Å². The molecule has 1 aromatic rings. The third kappa shape index (κ3) is 5.14. The molecule has 0 atom stereocenters. The second-order valence-corrected chi connectivity index (χ2v) is 5.50. The Morgan fingerprint density at radius 3 is 2.60 bits per heavy atom. The molecular formula is C14H25N5O. The molecule has 0 bridgehead atoms. The topological polar surface area (TPSA) is 74.5 Å². The highest BCUT2D eigenvalue weighted by atomic mass is 16.2. The van der Waals surface area contributed by atoms with Crippen molar-refractivity contribution in [1.29, 1.82) is 0 Å². The minimum Gasteiger partial charge on any atom is -0.336 e. The number of hydrazine groups is 1. The highest BCUT2D eigenvalue weighted by molar-refractivity contribution is 5.92. The number of nitrogen functional groups attached to an aromatic ring is 1. The lowest BCUT2D eigenvalue weighted by Crippen LogP contribution is -2.39. The lowest BCUT2D eigenvalue weighted by Gasteiger charge is -2.26. The average molecular weight is 279 g/mol. The van der Waals surface area contributed by atoms with Crippen molar-refractivity contribution in [3.05, 3.63) is 23.9 Å². The van der Waals surface area contributed by atoms with Gasteiger partial charge in [-0.2, -0.15) is 0 Å². The molecule has 0 aromatic carbocycles. The molecule has 3 N–H and O–H groups in total. The molecule has 0 saturated carbocycles. The number of aromatic nitrogens is 1. The van der Waals surface area contributed by atoms with Gasteiger partial charge in [0.1, 0.15) is 11.5 Å². The van der Waals surface area contributed by atoms with E-state index in [1.54, 1.807) is 18.2 Å². The van der Waals surface area contributed by atoms with Crippen LogP contribution in [-0.2, 0) is 0 Å². The number of nitrogens with one attached hydrogen (secondary N) is 1. The zero-order valence-electron chi connectivity index (χ0n) is 12.8. The maximum Gasteiger partial charge on any atom is 0.272 e. The number of pyridine rings is 1. The van der Waals surface area contributed by atoms with E-state index >= 15 is 0 Å². The molecule has 0 fully saturated rings. The molecule has 20 heavy (non-hydrogen) atoms. The van der Waals surface area contributed by atoms with E-state index in [2.05, 4.69) is 29.2 Å². The predicted octanol–water partition coefficient (Wildman–Crippen LogP) is 1.03. The van der Waals surface area contributed by atoms with Gasteiger partial charge >= 0.3 is 0 Å². The summed E-state index contributed by atoms with van der Waals surface area (Å²) in [5.74, 6) is 6.18. The van der Waals surface area contributed by atoms with Crippen molar-refractivity contribution in [2.24, 2.45) is 11.8 Å². The molecule has 0 aliphatic heterocycles. The molecule has 0 radical (unpaired) electrons. The van der Waals surface area contributed by atoms with Gasteiger partial charge in [0.15, 0.2) is 0 Å². The number of likely N-dealkylation sites (N-methyl/N-ethyl adjacent to an activating group) is 1. The number of carbonyl (C=O) groups excluding carboxylic acids is 1. The number of amides is 1. The summed E-state index contributed by atoms with van der Waals surface area (Å²) in [7, 11) is 3.99. The van der Waals surface area contributed by atoms with Crippen LogP contribution in [0.3, 0.4) is 0 Å². The molecule has 1 heterocycles. The van der Waals surface area contributed by atoms with Gasteiger partial charge < -0.3 is 15.2 Å². The summed E-state index contributed by atoms with van der Waals surface area (Å²) in [6, 6.07) is 5.21. The lowest BCUT2D eigenvalue weighted by molar-refractivity contribution is 0.0719. The highest BCUT2D eigenvalue weighted by Gasteiger charge is 2.18.